The molecule has 17 heavy (non-hydrogen) atoms. The summed E-state index contributed by atoms with van der Waals surface area (Å²) in [5.74, 6) is -0.634. The van der Waals surface area contributed by atoms with Crippen molar-refractivity contribution in [3.8, 4) is 0 Å². The van der Waals surface area contributed by atoms with E-state index in [1.54, 1.807) is 6.07 Å². The molecule has 1 saturated carbocycles. The lowest BCUT2D eigenvalue weighted by molar-refractivity contribution is -0.139. The normalized spacial score (nSPS) is 17.5. The summed E-state index contributed by atoms with van der Waals surface area (Å²) < 4.78 is 0. The Bertz CT molecular complexity index is 424. The van der Waals surface area contributed by atoms with Crippen LogP contribution in [0.2, 0.25) is 0 Å². The first-order chi connectivity index (χ1) is 8.08. The van der Waals surface area contributed by atoms with E-state index < -0.39 is 11.9 Å². The van der Waals surface area contributed by atoms with Crippen LogP contribution in [0, 0.1) is 12.8 Å². The van der Waals surface area contributed by atoms with Crippen molar-refractivity contribution in [2.24, 2.45) is 5.92 Å². The van der Waals surface area contributed by atoms with E-state index in [9.17, 15) is 9.90 Å². The minimum absolute atomic E-state index is 0.444. The number of hydrogen-bond donors (Lipinski definition) is 2. The van der Waals surface area contributed by atoms with Crippen LogP contribution in [0.1, 0.15) is 42.7 Å². The van der Waals surface area contributed by atoms with E-state index in [-0.39, 0.29) is 0 Å². The molecule has 0 amide bonds. The summed E-state index contributed by atoms with van der Waals surface area (Å²) in [6.45, 7) is 1.96. The van der Waals surface area contributed by atoms with E-state index in [0.717, 1.165) is 30.4 Å². The largest absolute Gasteiger partial charge is 0.481 e. The Labute approximate surface area is 102 Å². The maximum absolute atomic E-state index is 11.4. The molecule has 1 atom stereocenters. The standard InChI is InChI=1S/C14H19NO2/c1-9-5-6-13(15)11(7-9)12(14(16)17)8-10-3-2-4-10/h5-7,10,12H,2-4,8,15H2,1H3,(H,16,17). The first kappa shape index (κ1) is 12.0. The van der Waals surface area contributed by atoms with Crippen LogP contribution < -0.4 is 5.73 Å². The number of carboxylic acids is 1. The minimum atomic E-state index is -0.755. The van der Waals surface area contributed by atoms with Crippen LogP contribution in [0.25, 0.3) is 0 Å². The van der Waals surface area contributed by atoms with Crippen LogP contribution in [-0.4, -0.2) is 11.1 Å². The van der Waals surface area contributed by atoms with Crippen molar-refractivity contribution < 1.29 is 9.90 Å². The molecule has 0 bridgehead atoms. The van der Waals surface area contributed by atoms with Gasteiger partial charge in [0.15, 0.2) is 0 Å². The molecule has 3 heteroatoms. The Balaban J connectivity index is 2.24. The quantitative estimate of drug-likeness (QED) is 0.786. The smallest absolute Gasteiger partial charge is 0.311 e. The van der Waals surface area contributed by atoms with Crippen LogP contribution in [0.5, 0.6) is 0 Å². The lowest BCUT2D eigenvalue weighted by Crippen LogP contribution is -2.21. The highest BCUT2D eigenvalue weighted by atomic mass is 16.4. The molecule has 0 radical (unpaired) electrons. The van der Waals surface area contributed by atoms with Crippen molar-refractivity contribution in [2.45, 2.75) is 38.5 Å². The second kappa shape index (κ2) is 4.78. The highest BCUT2D eigenvalue weighted by Gasteiger charge is 2.28. The van der Waals surface area contributed by atoms with E-state index in [2.05, 4.69) is 0 Å². The van der Waals surface area contributed by atoms with Crippen LogP contribution in [0.4, 0.5) is 5.69 Å². The molecule has 1 aromatic rings. The van der Waals surface area contributed by atoms with Gasteiger partial charge in [-0.3, -0.25) is 4.79 Å². The molecule has 0 spiro atoms. The topological polar surface area (TPSA) is 63.3 Å². The zero-order valence-electron chi connectivity index (χ0n) is 10.1. The molecule has 1 aliphatic rings. The Kier molecular flexibility index (Phi) is 3.36. The molecule has 1 unspecified atom stereocenters. The number of carbonyl (C=O) groups is 1. The maximum atomic E-state index is 11.4. The monoisotopic (exact) mass is 233 g/mol. The highest BCUT2D eigenvalue weighted by Crippen LogP contribution is 2.37. The Morgan fingerprint density at radius 2 is 2.24 bits per heavy atom. The average molecular weight is 233 g/mol. The van der Waals surface area contributed by atoms with Crippen molar-refractivity contribution in [3.63, 3.8) is 0 Å². The van der Waals surface area contributed by atoms with Gasteiger partial charge in [-0.1, -0.05) is 37.0 Å². The number of benzene rings is 1. The van der Waals surface area contributed by atoms with Gasteiger partial charge in [-0.2, -0.15) is 0 Å². The van der Waals surface area contributed by atoms with Gasteiger partial charge in [0.1, 0.15) is 0 Å². The lowest BCUT2D eigenvalue weighted by atomic mass is 9.77. The first-order valence-corrected chi connectivity index (χ1v) is 6.16. The fraction of sp³-hybridized carbons (Fsp3) is 0.500. The predicted molar refractivity (Wildman–Crippen MR) is 67.9 cm³/mol. The zero-order valence-corrected chi connectivity index (χ0v) is 10.1. The Morgan fingerprint density at radius 3 is 2.76 bits per heavy atom. The van der Waals surface area contributed by atoms with Crippen LogP contribution >= 0.6 is 0 Å². The summed E-state index contributed by atoms with van der Waals surface area (Å²) in [5, 5.41) is 9.35. The summed E-state index contributed by atoms with van der Waals surface area (Å²) in [6, 6.07) is 5.63. The van der Waals surface area contributed by atoms with Crippen molar-refractivity contribution in [2.75, 3.05) is 5.73 Å². The van der Waals surface area contributed by atoms with E-state index in [1.165, 1.54) is 6.42 Å². The minimum Gasteiger partial charge on any atom is -0.481 e. The maximum Gasteiger partial charge on any atom is 0.311 e. The molecular formula is C14H19NO2. The van der Waals surface area contributed by atoms with Gasteiger partial charge < -0.3 is 10.8 Å². The van der Waals surface area contributed by atoms with Gasteiger partial charge in [0.25, 0.3) is 0 Å². The number of nitrogen functional groups attached to an aromatic ring is 1. The molecule has 0 aliphatic heterocycles. The summed E-state index contributed by atoms with van der Waals surface area (Å²) in [6.07, 6.45) is 4.29. The third-order valence-electron chi connectivity index (χ3n) is 3.71. The van der Waals surface area contributed by atoms with Gasteiger partial charge in [0.05, 0.1) is 5.92 Å². The molecule has 1 fully saturated rings. The number of rotatable bonds is 4. The van der Waals surface area contributed by atoms with Crippen LogP contribution in [0.3, 0.4) is 0 Å². The third-order valence-corrected chi connectivity index (χ3v) is 3.71. The molecule has 0 aromatic heterocycles. The Hall–Kier alpha value is -1.51. The average Bonchev–Trinajstić information content (AvgIpc) is 2.20. The second-order valence-electron chi connectivity index (χ2n) is 5.06. The second-order valence-corrected chi connectivity index (χ2v) is 5.06. The molecular weight excluding hydrogens is 214 g/mol. The summed E-state index contributed by atoms with van der Waals surface area (Å²) in [4.78, 5) is 11.4. The number of anilines is 1. The number of nitrogens with two attached hydrogens (primary N) is 1. The molecule has 0 saturated heterocycles. The molecule has 0 heterocycles. The van der Waals surface area contributed by atoms with Crippen molar-refractivity contribution in [3.05, 3.63) is 29.3 Å². The molecule has 1 aromatic carbocycles. The molecule has 92 valence electrons. The molecule has 1 aliphatic carbocycles. The predicted octanol–water partition coefficient (Wildman–Crippen LogP) is 2.94. The number of carboxylic acid groups (broad SMARTS) is 1. The van der Waals surface area contributed by atoms with Crippen LogP contribution in [0.15, 0.2) is 18.2 Å². The fourth-order valence-electron chi connectivity index (χ4n) is 2.42. The van der Waals surface area contributed by atoms with E-state index in [0.29, 0.717) is 11.6 Å². The van der Waals surface area contributed by atoms with Crippen LogP contribution in [-0.2, 0) is 4.79 Å². The van der Waals surface area contributed by atoms with Gasteiger partial charge in [0, 0.05) is 5.69 Å². The van der Waals surface area contributed by atoms with Gasteiger partial charge in [-0.05, 0) is 30.9 Å². The van der Waals surface area contributed by atoms with Gasteiger partial charge in [-0.15, -0.1) is 0 Å². The summed E-state index contributed by atoms with van der Waals surface area (Å²) in [7, 11) is 0. The van der Waals surface area contributed by atoms with E-state index in [4.69, 9.17) is 5.73 Å². The van der Waals surface area contributed by atoms with E-state index >= 15 is 0 Å². The highest BCUT2D eigenvalue weighted by molar-refractivity contribution is 5.78. The molecule has 2 rings (SSSR count). The number of aryl methyl sites for hydroxylation is 1. The zero-order chi connectivity index (χ0) is 12.4. The van der Waals surface area contributed by atoms with Gasteiger partial charge >= 0.3 is 5.97 Å². The lowest BCUT2D eigenvalue weighted by Gasteiger charge is -2.28. The Morgan fingerprint density at radius 1 is 1.53 bits per heavy atom. The van der Waals surface area contributed by atoms with Gasteiger partial charge in [0.2, 0.25) is 0 Å². The third kappa shape index (κ3) is 2.60. The van der Waals surface area contributed by atoms with Gasteiger partial charge in [-0.25, -0.2) is 0 Å². The summed E-state index contributed by atoms with van der Waals surface area (Å²) in [5.41, 5.74) is 8.35. The molecule has 3 N–H and O–H groups in total. The van der Waals surface area contributed by atoms with Crippen molar-refractivity contribution in [1.82, 2.24) is 0 Å². The van der Waals surface area contributed by atoms with Crippen molar-refractivity contribution >= 4 is 11.7 Å². The SMILES string of the molecule is Cc1ccc(N)c(C(CC2CCC2)C(=O)O)c1. The van der Waals surface area contributed by atoms with E-state index in [1.807, 2.05) is 19.1 Å². The molecule has 3 nitrogen and oxygen atoms in total. The number of aliphatic carboxylic acids is 1. The van der Waals surface area contributed by atoms with Crippen molar-refractivity contribution in [1.29, 1.82) is 0 Å². The number of hydrogen-bond acceptors (Lipinski definition) is 2. The summed E-state index contributed by atoms with van der Waals surface area (Å²) >= 11 is 0. The fourth-order valence-corrected chi connectivity index (χ4v) is 2.42. The first-order valence-electron chi connectivity index (χ1n) is 6.16.